The van der Waals surface area contributed by atoms with Crippen molar-refractivity contribution in [2.24, 2.45) is 5.41 Å². The van der Waals surface area contributed by atoms with Gasteiger partial charge in [-0.2, -0.15) is 0 Å². The smallest absolute Gasteiger partial charge is 0.411 e. The Balaban J connectivity index is 1.88. The van der Waals surface area contributed by atoms with Crippen LogP contribution in [0.4, 0.5) is 4.79 Å². The Morgan fingerprint density at radius 3 is 2.16 bits per heavy atom. The van der Waals surface area contributed by atoms with Crippen LogP contribution in [0.3, 0.4) is 0 Å². The summed E-state index contributed by atoms with van der Waals surface area (Å²) in [4.78, 5) is 27.3. The Kier molecular flexibility index (Phi) is 6.94. The molecule has 1 amide bonds. The van der Waals surface area contributed by atoms with Gasteiger partial charge in [-0.15, -0.1) is 0 Å². The number of hydrogen-bond acceptors (Lipinski definition) is 5. The summed E-state index contributed by atoms with van der Waals surface area (Å²) in [5.74, 6) is 0.125. The van der Waals surface area contributed by atoms with Crippen molar-refractivity contribution < 1.29 is 23.8 Å². The summed E-state index contributed by atoms with van der Waals surface area (Å²) in [7, 11) is 0. The molecule has 0 N–H and O–H groups in total. The van der Waals surface area contributed by atoms with E-state index in [0.717, 1.165) is 11.1 Å². The van der Waals surface area contributed by atoms with Crippen LogP contribution in [0.25, 0.3) is 0 Å². The summed E-state index contributed by atoms with van der Waals surface area (Å²) in [5.41, 5.74) is 0.481. The first-order chi connectivity index (χ1) is 15.0. The minimum atomic E-state index is -0.636. The minimum Gasteiger partial charge on any atom is -0.444 e. The highest BCUT2D eigenvalue weighted by atomic mass is 16.6. The number of carbonyl (C=O) groups excluding carboxylic acids is 2. The molecule has 1 fully saturated rings. The van der Waals surface area contributed by atoms with Gasteiger partial charge in [0.05, 0.1) is 18.1 Å². The molecule has 32 heavy (non-hydrogen) atoms. The van der Waals surface area contributed by atoms with Crippen molar-refractivity contribution >= 4 is 12.1 Å². The van der Waals surface area contributed by atoms with Gasteiger partial charge in [0.2, 0.25) is 0 Å². The van der Waals surface area contributed by atoms with E-state index < -0.39 is 23.2 Å². The predicted octanol–water partition coefficient (Wildman–Crippen LogP) is 5.52. The van der Waals surface area contributed by atoms with Crippen LogP contribution >= 0.6 is 0 Å². The fraction of sp³-hybridized carbons (Fsp3) is 0.462. The molecular weight excluding hydrogens is 406 g/mol. The number of ether oxygens (including phenoxy) is 3. The Morgan fingerprint density at radius 2 is 1.59 bits per heavy atom. The van der Waals surface area contributed by atoms with E-state index in [0.29, 0.717) is 18.9 Å². The lowest BCUT2D eigenvalue weighted by Crippen LogP contribution is -2.54. The van der Waals surface area contributed by atoms with Crippen LogP contribution in [0.5, 0.6) is 5.75 Å². The molecule has 0 saturated carbocycles. The molecule has 0 radical (unpaired) electrons. The van der Waals surface area contributed by atoms with Crippen LogP contribution in [0.1, 0.15) is 58.8 Å². The van der Waals surface area contributed by atoms with E-state index >= 15 is 0 Å². The van der Waals surface area contributed by atoms with Gasteiger partial charge in [-0.1, -0.05) is 48.5 Å². The maximum atomic E-state index is 13.1. The average molecular weight is 440 g/mol. The van der Waals surface area contributed by atoms with E-state index in [2.05, 4.69) is 0 Å². The molecule has 0 aliphatic carbocycles. The van der Waals surface area contributed by atoms with Gasteiger partial charge in [0.1, 0.15) is 17.5 Å². The first-order valence-electron chi connectivity index (χ1n) is 10.9. The fourth-order valence-corrected chi connectivity index (χ4v) is 3.31. The number of carbonyl (C=O) groups is 2. The molecule has 1 heterocycles. The van der Waals surface area contributed by atoms with Crippen LogP contribution in [-0.4, -0.2) is 35.2 Å². The summed E-state index contributed by atoms with van der Waals surface area (Å²) < 4.78 is 17.3. The molecule has 0 spiro atoms. The third kappa shape index (κ3) is 5.88. The molecule has 2 aromatic carbocycles. The molecular formula is C26H33NO5. The molecule has 2 atom stereocenters. The molecule has 0 unspecified atom stereocenters. The van der Waals surface area contributed by atoms with Gasteiger partial charge >= 0.3 is 12.1 Å². The van der Waals surface area contributed by atoms with E-state index in [-0.39, 0.29) is 12.0 Å². The van der Waals surface area contributed by atoms with Gasteiger partial charge in [0.25, 0.3) is 0 Å². The Labute approximate surface area is 190 Å². The number of para-hydroxylation sites is 1. The zero-order valence-corrected chi connectivity index (χ0v) is 19.8. The van der Waals surface area contributed by atoms with E-state index in [9.17, 15) is 9.59 Å². The summed E-state index contributed by atoms with van der Waals surface area (Å²) in [5, 5.41) is 0. The second-order valence-electron chi connectivity index (χ2n) is 10.1. The Morgan fingerprint density at radius 1 is 0.969 bits per heavy atom. The number of nitrogens with zero attached hydrogens (tertiary/aromatic N) is 1. The van der Waals surface area contributed by atoms with E-state index in [1.807, 2.05) is 90.1 Å². The topological polar surface area (TPSA) is 65.1 Å². The van der Waals surface area contributed by atoms with Gasteiger partial charge in [0, 0.05) is 12.1 Å². The minimum absolute atomic E-state index is 0.250. The second-order valence-corrected chi connectivity index (χ2v) is 10.1. The Hall–Kier alpha value is -2.86. The van der Waals surface area contributed by atoms with Crippen molar-refractivity contribution in [1.29, 1.82) is 0 Å². The van der Waals surface area contributed by atoms with Crippen molar-refractivity contribution in [3.05, 3.63) is 65.7 Å². The molecule has 3 rings (SSSR count). The van der Waals surface area contributed by atoms with Gasteiger partial charge in [-0.25, -0.2) is 4.79 Å². The Bertz CT molecular complexity index is 943. The lowest BCUT2D eigenvalue weighted by atomic mass is 9.94. The molecule has 6 heteroatoms. The number of rotatable bonds is 5. The predicted molar refractivity (Wildman–Crippen MR) is 122 cm³/mol. The van der Waals surface area contributed by atoms with Crippen LogP contribution in [0, 0.1) is 5.41 Å². The van der Waals surface area contributed by atoms with Crippen LogP contribution in [0.15, 0.2) is 54.6 Å². The van der Waals surface area contributed by atoms with Crippen molar-refractivity contribution in [2.45, 2.75) is 65.8 Å². The van der Waals surface area contributed by atoms with Crippen molar-refractivity contribution in [3.63, 3.8) is 0 Å². The fourth-order valence-electron chi connectivity index (χ4n) is 3.31. The summed E-state index contributed by atoms with van der Waals surface area (Å²) >= 11 is 0. The molecule has 2 aromatic rings. The number of esters is 1. The van der Waals surface area contributed by atoms with Gasteiger partial charge in [-0.3, -0.25) is 9.69 Å². The summed E-state index contributed by atoms with van der Waals surface area (Å²) in [6.45, 7) is 11.7. The number of hydrogen-bond donors (Lipinski definition) is 0. The van der Waals surface area contributed by atoms with Gasteiger partial charge < -0.3 is 14.2 Å². The zero-order valence-electron chi connectivity index (χ0n) is 19.8. The molecule has 1 aliphatic rings. The lowest BCUT2D eigenvalue weighted by molar-refractivity contribution is -0.145. The van der Waals surface area contributed by atoms with E-state index in [4.69, 9.17) is 14.2 Å². The molecule has 172 valence electrons. The van der Waals surface area contributed by atoms with Gasteiger partial charge in [0.15, 0.2) is 0 Å². The van der Waals surface area contributed by atoms with Crippen LogP contribution in [-0.2, 0) is 20.8 Å². The zero-order chi connectivity index (χ0) is 23.5. The van der Waals surface area contributed by atoms with Crippen molar-refractivity contribution in [3.8, 4) is 5.75 Å². The SMILES string of the molecule is CC(C)(C)OC(=O)N(Cc1ccccc1)[C@H]1CO[C@H]1c1ccccc1OC(=O)C(C)(C)C. The normalized spacial score (nSPS) is 18.4. The lowest BCUT2D eigenvalue weighted by Gasteiger charge is -2.44. The van der Waals surface area contributed by atoms with Crippen molar-refractivity contribution in [2.75, 3.05) is 6.61 Å². The third-order valence-electron chi connectivity index (χ3n) is 5.06. The van der Waals surface area contributed by atoms with Crippen LogP contribution in [0.2, 0.25) is 0 Å². The van der Waals surface area contributed by atoms with Crippen LogP contribution < -0.4 is 4.74 Å². The number of amides is 1. The number of benzene rings is 2. The highest BCUT2D eigenvalue weighted by Gasteiger charge is 2.43. The monoisotopic (exact) mass is 439 g/mol. The average Bonchev–Trinajstić information content (AvgIpc) is 2.67. The summed E-state index contributed by atoms with van der Waals surface area (Å²) in [6.07, 6.45) is -0.820. The van der Waals surface area contributed by atoms with Gasteiger partial charge in [-0.05, 0) is 53.2 Å². The molecule has 0 bridgehead atoms. The standard InChI is InChI=1S/C26H33NO5/c1-25(2,3)23(28)31-21-15-11-10-14-19(21)22-20(17-30-22)27(24(29)32-26(4,5)6)16-18-12-8-7-9-13-18/h7-15,20,22H,16-17H2,1-6H3/t20-,22-/m0/s1. The maximum absolute atomic E-state index is 13.1. The largest absolute Gasteiger partial charge is 0.444 e. The quantitative estimate of drug-likeness (QED) is 0.454. The maximum Gasteiger partial charge on any atom is 0.411 e. The molecule has 0 aromatic heterocycles. The summed E-state index contributed by atoms with van der Waals surface area (Å²) in [6, 6.07) is 16.9. The molecule has 1 aliphatic heterocycles. The van der Waals surface area contributed by atoms with E-state index in [1.165, 1.54) is 0 Å². The van der Waals surface area contributed by atoms with Crippen molar-refractivity contribution in [1.82, 2.24) is 4.90 Å². The third-order valence-corrected chi connectivity index (χ3v) is 5.06. The first-order valence-corrected chi connectivity index (χ1v) is 10.9. The highest BCUT2D eigenvalue weighted by molar-refractivity contribution is 5.78. The highest BCUT2D eigenvalue weighted by Crippen LogP contribution is 2.40. The second kappa shape index (κ2) is 9.33. The first kappa shape index (κ1) is 23.8. The molecule has 6 nitrogen and oxygen atoms in total. The molecule has 1 saturated heterocycles. The van der Waals surface area contributed by atoms with E-state index in [1.54, 1.807) is 11.0 Å².